The number of carbonyl (C=O) groups excluding carboxylic acids is 1. The standard InChI is InChI=1S/C30H39N3O5/c1-6-31-30(36)26-25(21-9-7-20(8-10-21)17-33-11-13-37-14-12-33)29(38-32-26)23-16-22(15-18(2)3)27(34)24(19(4)5)28(23)35/h7-10,16,18-19,34-35H,6,11-15,17H2,1-5H3,(H,31,36). The van der Waals surface area contributed by atoms with Crippen LogP contribution in [0.5, 0.6) is 11.5 Å². The minimum atomic E-state index is -0.348. The van der Waals surface area contributed by atoms with Crippen LogP contribution in [0.25, 0.3) is 22.5 Å². The van der Waals surface area contributed by atoms with Gasteiger partial charge < -0.3 is 24.8 Å². The van der Waals surface area contributed by atoms with Crippen molar-refractivity contribution in [2.45, 2.75) is 53.5 Å². The molecule has 8 nitrogen and oxygen atoms in total. The van der Waals surface area contributed by atoms with Crippen LogP contribution in [0.2, 0.25) is 0 Å². The molecule has 0 saturated carbocycles. The molecule has 0 spiro atoms. The largest absolute Gasteiger partial charge is 0.507 e. The van der Waals surface area contributed by atoms with Crippen LogP contribution in [-0.4, -0.2) is 59.0 Å². The van der Waals surface area contributed by atoms with E-state index in [4.69, 9.17) is 9.26 Å². The maximum absolute atomic E-state index is 13.0. The molecule has 1 aliphatic rings. The van der Waals surface area contributed by atoms with Gasteiger partial charge in [-0.15, -0.1) is 0 Å². The molecule has 8 heteroatoms. The van der Waals surface area contributed by atoms with Crippen molar-refractivity contribution in [1.82, 2.24) is 15.4 Å². The Hall–Kier alpha value is -3.36. The Morgan fingerprint density at radius 1 is 1.08 bits per heavy atom. The lowest BCUT2D eigenvalue weighted by atomic mass is 9.89. The molecule has 1 saturated heterocycles. The highest BCUT2D eigenvalue weighted by Gasteiger charge is 2.29. The van der Waals surface area contributed by atoms with E-state index in [0.29, 0.717) is 35.4 Å². The molecule has 1 aromatic heterocycles. The molecule has 4 rings (SSSR count). The van der Waals surface area contributed by atoms with Crippen molar-refractivity contribution in [2.75, 3.05) is 32.8 Å². The highest BCUT2D eigenvalue weighted by atomic mass is 16.5. The zero-order chi connectivity index (χ0) is 27.4. The predicted octanol–water partition coefficient (Wildman–Crippen LogP) is 5.32. The molecule has 0 aliphatic carbocycles. The molecule has 0 bridgehead atoms. The number of amides is 1. The summed E-state index contributed by atoms with van der Waals surface area (Å²) >= 11 is 0. The van der Waals surface area contributed by atoms with Crippen molar-refractivity contribution in [2.24, 2.45) is 5.92 Å². The molecule has 3 aromatic rings. The van der Waals surface area contributed by atoms with E-state index in [1.54, 1.807) is 6.07 Å². The van der Waals surface area contributed by atoms with Gasteiger partial charge in [0.1, 0.15) is 11.5 Å². The summed E-state index contributed by atoms with van der Waals surface area (Å²) in [6, 6.07) is 9.77. The number of hydrogen-bond acceptors (Lipinski definition) is 7. The zero-order valence-corrected chi connectivity index (χ0v) is 23.0. The molecule has 0 radical (unpaired) electrons. The Bertz CT molecular complexity index is 1260. The summed E-state index contributed by atoms with van der Waals surface area (Å²) in [5.74, 6) is 0.157. The first-order valence-corrected chi connectivity index (χ1v) is 13.5. The Kier molecular flexibility index (Phi) is 8.74. The molecule has 204 valence electrons. The maximum Gasteiger partial charge on any atom is 0.274 e. The number of nitrogens with one attached hydrogen (secondary N) is 1. The molecule has 1 fully saturated rings. The van der Waals surface area contributed by atoms with Gasteiger partial charge in [0.25, 0.3) is 5.91 Å². The van der Waals surface area contributed by atoms with Gasteiger partial charge in [-0.3, -0.25) is 9.69 Å². The maximum atomic E-state index is 13.0. The molecule has 1 aliphatic heterocycles. The van der Waals surface area contributed by atoms with Crippen LogP contribution >= 0.6 is 0 Å². The third-order valence-corrected chi connectivity index (χ3v) is 6.84. The molecule has 38 heavy (non-hydrogen) atoms. The average Bonchev–Trinajstić information content (AvgIpc) is 3.31. The van der Waals surface area contributed by atoms with Crippen LogP contribution in [0.4, 0.5) is 0 Å². The van der Waals surface area contributed by atoms with E-state index in [9.17, 15) is 15.0 Å². The highest BCUT2D eigenvalue weighted by Crippen LogP contribution is 2.47. The van der Waals surface area contributed by atoms with Gasteiger partial charge in [-0.2, -0.15) is 0 Å². The summed E-state index contributed by atoms with van der Waals surface area (Å²) in [7, 11) is 0. The van der Waals surface area contributed by atoms with Crippen LogP contribution in [-0.2, 0) is 17.7 Å². The number of aromatic hydroxyl groups is 2. The second kappa shape index (κ2) is 12.0. The number of nitrogens with zero attached hydrogens (tertiary/aromatic N) is 2. The topological polar surface area (TPSA) is 108 Å². The number of benzene rings is 2. The van der Waals surface area contributed by atoms with Crippen LogP contribution in [0.1, 0.15) is 67.7 Å². The lowest BCUT2D eigenvalue weighted by Gasteiger charge is -2.26. The Labute approximate surface area is 224 Å². The summed E-state index contributed by atoms with van der Waals surface area (Å²) in [5.41, 5.74) is 4.18. The van der Waals surface area contributed by atoms with Crippen LogP contribution in [0.3, 0.4) is 0 Å². The fourth-order valence-electron chi connectivity index (χ4n) is 4.99. The fraction of sp³-hybridized carbons (Fsp3) is 0.467. The molecule has 1 amide bonds. The highest BCUT2D eigenvalue weighted by molar-refractivity contribution is 6.02. The predicted molar refractivity (Wildman–Crippen MR) is 147 cm³/mol. The van der Waals surface area contributed by atoms with Crippen molar-refractivity contribution >= 4 is 5.91 Å². The summed E-state index contributed by atoms with van der Waals surface area (Å²) in [6.07, 6.45) is 0.627. The smallest absolute Gasteiger partial charge is 0.274 e. The second-order valence-electron chi connectivity index (χ2n) is 10.6. The monoisotopic (exact) mass is 521 g/mol. The van der Waals surface area contributed by atoms with Crippen LogP contribution in [0.15, 0.2) is 34.9 Å². The number of rotatable bonds is 9. The summed E-state index contributed by atoms with van der Waals surface area (Å²) < 4.78 is 11.2. The minimum Gasteiger partial charge on any atom is -0.507 e. The van der Waals surface area contributed by atoms with E-state index in [2.05, 4.69) is 29.2 Å². The zero-order valence-electron chi connectivity index (χ0n) is 23.0. The Balaban J connectivity index is 1.83. The SMILES string of the molecule is CCNC(=O)c1noc(-c2cc(CC(C)C)c(O)c(C(C)C)c2O)c1-c1ccc(CN2CCOCC2)cc1. The third kappa shape index (κ3) is 5.87. The first-order valence-electron chi connectivity index (χ1n) is 13.5. The fourth-order valence-corrected chi connectivity index (χ4v) is 4.99. The van der Waals surface area contributed by atoms with E-state index in [1.165, 1.54) is 0 Å². The van der Waals surface area contributed by atoms with Gasteiger partial charge in [-0.25, -0.2) is 0 Å². The summed E-state index contributed by atoms with van der Waals surface area (Å²) in [4.78, 5) is 15.3. The van der Waals surface area contributed by atoms with Gasteiger partial charge in [0.05, 0.1) is 24.3 Å². The van der Waals surface area contributed by atoms with Crippen LogP contribution in [0, 0.1) is 5.92 Å². The molecule has 0 atom stereocenters. The number of hydrogen-bond donors (Lipinski definition) is 3. The van der Waals surface area contributed by atoms with Gasteiger partial charge >= 0.3 is 0 Å². The number of phenols is 2. The molecule has 3 N–H and O–H groups in total. The van der Waals surface area contributed by atoms with Crippen molar-refractivity contribution in [3.8, 4) is 33.9 Å². The summed E-state index contributed by atoms with van der Waals surface area (Å²) in [5, 5.41) is 29.3. The third-order valence-electron chi connectivity index (χ3n) is 6.84. The number of ether oxygens (including phenoxy) is 1. The number of aromatic nitrogens is 1. The van der Waals surface area contributed by atoms with Gasteiger partial charge in [0, 0.05) is 31.7 Å². The summed E-state index contributed by atoms with van der Waals surface area (Å²) in [6.45, 7) is 14.4. The van der Waals surface area contributed by atoms with Gasteiger partial charge in [-0.1, -0.05) is 57.1 Å². The van der Waals surface area contributed by atoms with E-state index >= 15 is 0 Å². The van der Waals surface area contributed by atoms with Crippen LogP contribution < -0.4 is 5.32 Å². The van der Waals surface area contributed by atoms with Crippen molar-refractivity contribution < 1.29 is 24.3 Å². The van der Waals surface area contributed by atoms with Crippen molar-refractivity contribution in [3.05, 3.63) is 52.7 Å². The van der Waals surface area contributed by atoms with Crippen molar-refractivity contribution in [1.29, 1.82) is 0 Å². The van der Waals surface area contributed by atoms with E-state index < -0.39 is 0 Å². The Morgan fingerprint density at radius 3 is 2.37 bits per heavy atom. The lowest BCUT2D eigenvalue weighted by Crippen LogP contribution is -2.35. The van der Waals surface area contributed by atoms with E-state index in [0.717, 1.165) is 49.5 Å². The first kappa shape index (κ1) is 27.7. The molecule has 2 aromatic carbocycles. The molecule has 0 unspecified atom stereocenters. The number of carbonyl (C=O) groups is 1. The van der Waals surface area contributed by atoms with Gasteiger partial charge in [-0.05, 0) is 47.9 Å². The average molecular weight is 522 g/mol. The number of morpholine rings is 1. The van der Waals surface area contributed by atoms with E-state index in [1.807, 2.05) is 45.0 Å². The first-order chi connectivity index (χ1) is 18.2. The van der Waals surface area contributed by atoms with Gasteiger partial charge in [0.15, 0.2) is 11.5 Å². The normalized spacial score (nSPS) is 14.4. The quantitative estimate of drug-likeness (QED) is 0.350. The molecular weight excluding hydrogens is 482 g/mol. The number of phenolic OH excluding ortho intramolecular Hbond substituents is 2. The van der Waals surface area contributed by atoms with Gasteiger partial charge in [0.2, 0.25) is 0 Å². The lowest BCUT2D eigenvalue weighted by molar-refractivity contribution is 0.0342. The molecule has 2 heterocycles. The second-order valence-corrected chi connectivity index (χ2v) is 10.6. The molecular formula is C30H39N3O5. The Morgan fingerprint density at radius 2 is 1.76 bits per heavy atom. The van der Waals surface area contributed by atoms with E-state index in [-0.39, 0.29) is 34.9 Å². The minimum absolute atomic E-state index is 0.0613. The van der Waals surface area contributed by atoms with Crippen molar-refractivity contribution in [3.63, 3.8) is 0 Å².